The number of esters is 1. The predicted octanol–water partition coefficient (Wildman–Crippen LogP) is 2.46. The standard InChI is InChI=1S/C16H21NO3/c1-11-6-3-4-9-14(11)15(18)17-13-8-5-7-12(10-13)16(19)20-2/h3-4,6,9,12-13H,5,7-8,10H2,1-2H3,(H,17,18)/t12-,13-/m1/s1. The van der Waals surface area contributed by atoms with Crippen LogP contribution in [-0.4, -0.2) is 25.0 Å². The van der Waals surface area contributed by atoms with E-state index in [4.69, 9.17) is 4.74 Å². The van der Waals surface area contributed by atoms with Crippen LogP contribution in [0.1, 0.15) is 41.6 Å². The molecular weight excluding hydrogens is 254 g/mol. The summed E-state index contributed by atoms with van der Waals surface area (Å²) in [7, 11) is 1.41. The topological polar surface area (TPSA) is 55.4 Å². The second kappa shape index (κ2) is 6.55. The quantitative estimate of drug-likeness (QED) is 0.862. The van der Waals surface area contributed by atoms with E-state index in [0.29, 0.717) is 12.0 Å². The van der Waals surface area contributed by atoms with E-state index >= 15 is 0 Å². The molecule has 0 radical (unpaired) electrons. The van der Waals surface area contributed by atoms with Crippen LogP contribution in [0.4, 0.5) is 0 Å². The van der Waals surface area contributed by atoms with Crippen molar-refractivity contribution in [2.75, 3.05) is 7.11 Å². The molecule has 4 nitrogen and oxygen atoms in total. The largest absolute Gasteiger partial charge is 0.469 e. The number of hydrogen-bond donors (Lipinski definition) is 1. The zero-order chi connectivity index (χ0) is 14.5. The Morgan fingerprint density at radius 1 is 1.25 bits per heavy atom. The fourth-order valence-electron chi connectivity index (χ4n) is 2.79. The van der Waals surface area contributed by atoms with E-state index in [9.17, 15) is 9.59 Å². The van der Waals surface area contributed by atoms with E-state index in [-0.39, 0.29) is 23.8 Å². The number of ether oxygens (including phenoxy) is 1. The van der Waals surface area contributed by atoms with Crippen LogP contribution in [0.3, 0.4) is 0 Å². The first-order chi connectivity index (χ1) is 9.61. The second-order valence-corrected chi connectivity index (χ2v) is 5.37. The van der Waals surface area contributed by atoms with Crippen LogP contribution in [0.2, 0.25) is 0 Å². The van der Waals surface area contributed by atoms with E-state index in [2.05, 4.69) is 5.32 Å². The van der Waals surface area contributed by atoms with Gasteiger partial charge in [0.1, 0.15) is 0 Å². The number of benzene rings is 1. The maximum absolute atomic E-state index is 12.3. The van der Waals surface area contributed by atoms with Crippen molar-refractivity contribution in [3.05, 3.63) is 35.4 Å². The molecular formula is C16H21NO3. The van der Waals surface area contributed by atoms with E-state index < -0.39 is 0 Å². The molecule has 20 heavy (non-hydrogen) atoms. The SMILES string of the molecule is COC(=O)[C@@H]1CCC[C@@H](NC(=O)c2ccccc2C)C1. The molecule has 1 fully saturated rings. The van der Waals surface area contributed by atoms with Crippen molar-refractivity contribution in [1.82, 2.24) is 5.32 Å². The normalized spacial score (nSPS) is 22.1. The molecule has 2 atom stereocenters. The Morgan fingerprint density at radius 2 is 2.00 bits per heavy atom. The maximum atomic E-state index is 12.3. The molecule has 0 aromatic heterocycles. The minimum atomic E-state index is -0.167. The van der Waals surface area contributed by atoms with Crippen molar-refractivity contribution in [3.8, 4) is 0 Å². The fraction of sp³-hybridized carbons (Fsp3) is 0.500. The Morgan fingerprint density at radius 3 is 2.70 bits per heavy atom. The zero-order valence-electron chi connectivity index (χ0n) is 12.0. The number of methoxy groups -OCH3 is 1. The van der Waals surface area contributed by atoms with Gasteiger partial charge >= 0.3 is 5.97 Å². The van der Waals surface area contributed by atoms with Crippen LogP contribution < -0.4 is 5.32 Å². The Bertz CT molecular complexity index is 498. The van der Waals surface area contributed by atoms with E-state index in [1.807, 2.05) is 31.2 Å². The molecule has 1 aliphatic rings. The summed E-state index contributed by atoms with van der Waals surface area (Å²) >= 11 is 0. The average molecular weight is 275 g/mol. The second-order valence-electron chi connectivity index (χ2n) is 5.37. The molecule has 2 rings (SSSR count). The first-order valence-electron chi connectivity index (χ1n) is 7.06. The third-order valence-corrected chi connectivity index (χ3v) is 3.93. The summed E-state index contributed by atoms with van der Waals surface area (Å²) in [5, 5.41) is 3.04. The van der Waals surface area contributed by atoms with Crippen LogP contribution in [0, 0.1) is 12.8 Å². The summed E-state index contributed by atoms with van der Waals surface area (Å²) in [6.45, 7) is 1.92. The molecule has 0 unspecified atom stereocenters. The van der Waals surface area contributed by atoms with Crippen molar-refractivity contribution in [1.29, 1.82) is 0 Å². The molecule has 1 amide bonds. The van der Waals surface area contributed by atoms with Gasteiger partial charge in [0.15, 0.2) is 0 Å². The van der Waals surface area contributed by atoms with E-state index in [1.165, 1.54) is 7.11 Å². The number of amides is 1. The Hall–Kier alpha value is -1.84. The van der Waals surface area contributed by atoms with Gasteiger partial charge in [-0.05, 0) is 37.8 Å². The lowest BCUT2D eigenvalue weighted by molar-refractivity contribution is -0.146. The molecule has 1 aliphatic carbocycles. The van der Waals surface area contributed by atoms with Crippen molar-refractivity contribution >= 4 is 11.9 Å². The van der Waals surface area contributed by atoms with Gasteiger partial charge in [0.05, 0.1) is 13.0 Å². The first kappa shape index (κ1) is 14.6. The summed E-state index contributed by atoms with van der Waals surface area (Å²) in [4.78, 5) is 23.8. The summed E-state index contributed by atoms with van der Waals surface area (Å²) in [6.07, 6.45) is 3.39. The maximum Gasteiger partial charge on any atom is 0.308 e. The minimum absolute atomic E-state index is 0.0555. The third-order valence-electron chi connectivity index (χ3n) is 3.93. The molecule has 1 N–H and O–H groups in total. The number of nitrogens with one attached hydrogen (secondary N) is 1. The highest BCUT2D eigenvalue weighted by Crippen LogP contribution is 2.25. The highest BCUT2D eigenvalue weighted by Gasteiger charge is 2.28. The fourth-order valence-corrected chi connectivity index (χ4v) is 2.79. The van der Waals surface area contributed by atoms with Crippen LogP contribution in [-0.2, 0) is 9.53 Å². The monoisotopic (exact) mass is 275 g/mol. The molecule has 4 heteroatoms. The molecule has 1 aromatic carbocycles. The summed E-state index contributed by atoms with van der Waals surface area (Å²) in [5.74, 6) is -0.311. The number of hydrogen-bond acceptors (Lipinski definition) is 3. The number of carbonyl (C=O) groups is 2. The molecule has 0 saturated heterocycles. The van der Waals surface area contributed by atoms with Crippen molar-refractivity contribution in [2.24, 2.45) is 5.92 Å². The predicted molar refractivity (Wildman–Crippen MR) is 76.4 cm³/mol. The average Bonchev–Trinajstić information content (AvgIpc) is 2.47. The Labute approximate surface area is 119 Å². The summed E-state index contributed by atoms with van der Waals surface area (Å²) in [6, 6.07) is 7.58. The van der Waals surface area contributed by atoms with E-state index in [1.54, 1.807) is 0 Å². The lowest BCUT2D eigenvalue weighted by Crippen LogP contribution is -2.40. The zero-order valence-corrected chi connectivity index (χ0v) is 12.0. The summed E-state index contributed by atoms with van der Waals surface area (Å²) in [5.41, 5.74) is 1.66. The van der Waals surface area contributed by atoms with Gasteiger partial charge in [0, 0.05) is 11.6 Å². The molecule has 0 heterocycles. The van der Waals surface area contributed by atoms with Crippen LogP contribution in [0.25, 0.3) is 0 Å². The van der Waals surface area contributed by atoms with Crippen LogP contribution in [0.15, 0.2) is 24.3 Å². The number of aryl methyl sites for hydroxylation is 1. The van der Waals surface area contributed by atoms with Gasteiger partial charge in [-0.15, -0.1) is 0 Å². The van der Waals surface area contributed by atoms with Gasteiger partial charge in [-0.2, -0.15) is 0 Å². The van der Waals surface area contributed by atoms with Crippen LogP contribution in [0.5, 0.6) is 0 Å². The molecule has 0 aliphatic heterocycles. The van der Waals surface area contributed by atoms with Gasteiger partial charge in [0.2, 0.25) is 0 Å². The molecule has 1 saturated carbocycles. The van der Waals surface area contributed by atoms with Gasteiger partial charge in [0.25, 0.3) is 5.91 Å². The minimum Gasteiger partial charge on any atom is -0.469 e. The molecule has 0 bridgehead atoms. The van der Waals surface area contributed by atoms with Gasteiger partial charge < -0.3 is 10.1 Å². The molecule has 108 valence electrons. The van der Waals surface area contributed by atoms with Crippen molar-refractivity contribution in [2.45, 2.75) is 38.6 Å². The number of rotatable bonds is 3. The smallest absolute Gasteiger partial charge is 0.308 e. The lowest BCUT2D eigenvalue weighted by atomic mass is 9.85. The highest BCUT2D eigenvalue weighted by molar-refractivity contribution is 5.95. The van der Waals surface area contributed by atoms with Gasteiger partial charge in [-0.1, -0.05) is 24.6 Å². The first-order valence-corrected chi connectivity index (χ1v) is 7.06. The third kappa shape index (κ3) is 3.38. The molecule has 0 spiro atoms. The lowest BCUT2D eigenvalue weighted by Gasteiger charge is -2.28. The van der Waals surface area contributed by atoms with Gasteiger partial charge in [-0.25, -0.2) is 0 Å². The highest BCUT2D eigenvalue weighted by atomic mass is 16.5. The Balaban J connectivity index is 1.98. The van der Waals surface area contributed by atoms with Crippen molar-refractivity contribution in [3.63, 3.8) is 0 Å². The Kier molecular flexibility index (Phi) is 4.77. The van der Waals surface area contributed by atoms with Crippen molar-refractivity contribution < 1.29 is 14.3 Å². The summed E-state index contributed by atoms with van der Waals surface area (Å²) < 4.78 is 4.80. The van der Waals surface area contributed by atoms with E-state index in [0.717, 1.165) is 24.8 Å². The van der Waals surface area contributed by atoms with Gasteiger partial charge in [-0.3, -0.25) is 9.59 Å². The molecule has 1 aromatic rings. The van der Waals surface area contributed by atoms with Crippen LogP contribution >= 0.6 is 0 Å². The number of carbonyl (C=O) groups excluding carboxylic acids is 2.